The van der Waals surface area contributed by atoms with Crippen molar-refractivity contribution >= 4 is 45.0 Å². The van der Waals surface area contributed by atoms with E-state index in [9.17, 15) is 4.39 Å². The molecule has 0 saturated carbocycles. The highest BCUT2D eigenvalue weighted by atomic mass is 35.5. The molecule has 1 aliphatic heterocycles. The molecule has 2 atom stereocenters. The molecule has 1 saturated heterocycles. The molecule has 0 unspecified atom stereocenters. The van der Waals surface area contributed by atoms with Gasteiger partial charge in [-0.3, -0.25) is 0 Å². The van der Waals surface area contributed by atoms with E-state index in [0.717, 1.165) is 34.8 Å². The molecular weight excluding hydrogens is 322 g/mol. The van der Waals surface area contributed by atoms with E-state index in [1.807, 2.05) is 36.4 Å². The highest BCUT2D eigenvalue weighted by Gasteiger charge is 2.28. The summed E-state index contributed by atoms with van der Waals surface area (Å²) in [4.78, 5) is 0. The second kappa shape index (κ2) is 5.41. The zero-order valence-corrected chi connectivity index (χ0v) is 13.3. The molecule has 2 nitrogen and oxygen atoms in total. The average Bonchev–Trinajstić information content (AvgIpc) is 2.81. The van der Waals surface area contributed by atoms with Gasteiger partial charge in [0.15, 0.2) is 0 Å². The lowest BCUT2D eigenvalue weighted by molar-refractivity contribution is 0.190. The van der Waals surface area contributed by atoms with Crippen LogP contribution in [0.3, 0.4) is 0 Å². The van der Waals surface area contributed by atoms with Crippen LogP contribution in [0.2, 0.25) is 10.0 Å². The summed E-state index contributed by atoms with van der Waals surface area (Å²) in [6, 6.07) is 11.4. The Morgan fingerprint density at radius 3 is 2.14 bits per heavy atom. The molecule has 1 aliphatic rings. The molecule has 2 heterocycles. The van der Waals surface area contributed by atoms with Crippen molar-refractivity contribution in [3.8, 4) is 0 Å². The Balaban J connectivity index is 2.06. The van der Waals surface area contributed by atoms with Crippen LogP contribution in [0, 0.1) is 0 Å². The number of piperidine rings is 1. The summed E-state index contributed by atoms with van der Waals surface area (Å²) in [5.41, 5.74) is 2.02. The first kappa shape index (κ1) is 14.3. The third kappa shape index (κ3) is 2.19. The summed E-state index contributed by atoms with van der Waals surface area (Å²) < 4.78 is 16.6. The van der Waals surface area contributed by atoms with Gasteiger partial charge in [-0.1, -0.05) is 23.2 Å². The minimum Gasteiger partial charge on any atom is -0.334 e. The Bertz CT molecular complexity index is 799. The molecule has 114 valence electrons. The molecule has 0 amide bonds. The Kier molecular flexibility index (Phi) is 3.52. The Labute approximate surface area is 137 Å². The van der Waals surface area contributed by atoms with Gasteiger partial charge in [0, 0.05) is 38.4 Å². The third-order valence-corrected chi connectivity index (χ3v) is 4.90. The number of nitrogens with one attached hydrogen (secondary N) is 1. The zero-order chi connectivity index (χ0) is 15.3. The summed E-state index contributed by atoms with van der Waals surface area (Å²) >= 11 is 12.3. The van der Waals surface area contributed by atoms with Gasteiger partial charge in [-0.15, -0.1) is 0 Å². The summed E-state index contributed by atoms with van der Waals surface area (Å²) in [5, 5.41) is 6.51. The van der Waals surface area contributed by atoms with Gasteiger partial charge < -0.3 is 9.88 Å². The molecular formula is C17H15Cl2FN2. The quantitative estimate of drug-likeness (QED) is 0.663. The number of alkyl halides is 1. The molecule has 5 heteroatoms. The van der Waals surface area contributed by atoms with E-state index < -0.39 is 6.17 Å². The van der Waals surface area contributed by atoms with E-state index in [1.165, 1.54) is 0 Å². The minimum absolute atomic E-state index is 0.163. The summed E-state index contributed by atoms with van der Waals surface area (Å²) in [6.07, 6.45) is -0.135. The first-order valence-corrected chi connectivity index (χ1v) is 8.14. The fourth-order valence-corrected chi connectivity index (χ4v) is 3.80. The van der Waals surface area contributed by atoms with E-state index in [4.69, 9.17) is 23.2 Å². The second-order valence-electron chi connectivity index (χ2n) is 5.77. The van der Waals surface area contributed by atoms with Gasteiger partial charge in [0.2, 0.25) is 0 Å². The summed E-state index contributed by atoms with van der Waals surface area (Å²) in [6.45, 7) is 1.22. The van der Waals surface area contributed by atoms with E-state index in [1.54, 1.807) is 0 Å². The van der Waals surface area contributed by atoms with Crippen LogP contribution in [0.4, 0.5) is 4.39 Å². The topological polar surface area (TPSA) is 17.0 Å². The van der Waals surface area contributed by atoms with Crippen molar-refractivity contribution in [2.75, 3.05) is 13.1 Å². The van der Waals surface area contributed by atoms with Crippen LogP contribution in [-0.2, 0) is 0 Å². The Hall–Kier alpha value is -1.29. The van der Waals surface area contributed by atoms with Gasteiger partial charge in [0.1, 0.15) is 6.17 Å². The number of rotatable bonds is 1. The molecule has 3 aromatic rings. The van der Waals surface area contributed by atoms with Crippen LogP contribution in [-0.4, -0.2) is 23.8 Å². The van der Waals surface area contributed by atoms with Crippen LogP contribution in [0.5, 0.6) is 0 Å². The number of halogens is 3. The maximum Gasteiger partial charge on any atom is 0.133 e. The zero-order valence-electron chi connectivity index (χ0n) is 11.8. The van der Waals surface area contributed by atoms with Crippen molar-refractivity contribution in [2.24, 2.45) is 0 Å². The predicted molar refractivity (Wildman–Crippen MR) is 90.9 cm³/mol. The van der Waals surface area contributed by atoms with Gasteiger partial charge in [-0.25, -0.2) is 4.39 Å². The van der Waals surface area contributed by atoms with Crippen LogP contribution in [0.1, 0.15) is 12.5 Å². The number of hydrogen-bond donors (Lipinski definition) is 1. The first-order valence-electron chi connectivity index (χ1n) is 7.38. The lowest BCUT2D eigenvalue weighted by Crippen LogP contribution is -2.39. The number of aromatic nitrogens is 1. The van der Waals surface area contributed by atoms with E-state index >= 15 is 0 Å². The molecule has 22 heavy (non-hydrogen) atoms. The van der Waals surface area contributed by atoms with Gasteiger partial charge in [-0.2, -0.15) is 0 Å². The van der Waals surface area contributed by atoms with Crippen molar-refractivity contribution in [1.29, 1.82) is 0 Å². The molecule has 0 radical (unpaired) electrons. The normalized spacial score (nSPS) is 22.5. The Morgan fingerprint density at radius 1 is 1.00 bits per heavy atom. The van der Waals surface area contributed by atoms with Crippen molar-refractivity contribution in [3.63, 3.8) is 0 Å². The van der Waals surface area contributed by atoms with E-state index in [2.05, 4.69) is 9.88 Å². The maximum absolute atomic E-state index is 14.5. The van der Waals surface area contributed by atoms with Gasteiger partial charge >= 0.3 is 0 Å². The fourth-order valence-electron chi connectivity index (χ4n) is 3.45. The number of nitrogens with zero attached hydrogens (tertiary/aromatic N) is 1. The number of fused-ring (bicyclic) bond motifs is 3. The predicted octanol–water partition coefficient (Wildman–Crippen LogP) is 4.97. The third-order valence-electron chi connectivity index (χ3n) is 4.43. The molecule has 1 fully saturated rings. The van der Waals surface area contributed by atoms with Gasteiger partial charge in [0.05, 0.1) is 6.04 Å². The lowest BCUT2D eigenvalue weighted by Gasteiger charge is -2.29. The molecule has 1 aromatic heterocycles. The van der Waals surface area contributed by atoms with Crippen molar-refractivity contribution in [2.45, 2.75) is 18.6 Å². The van der Waals surface area contributed by atoms with E-state index in [0.29, 0.717) is 16.6 Å². The largest absolute Gasteiger partial charge is 0.334 e. The van der Waals surface area contributed by atoms with E-state index in [-0.39, 0.29) is 6.04 Å². The van der Waals surface area contributed by atoms with Crippen molar-refractivity contribution in [3.05, 3.63) is 46.4 Å². The van der Waals surface area contributed by atoms with Crippen molar-refractivity contribution in [1.82, 2.24) is 9.88 Å². The Morgan fingerprint density at radius 2 is 1.59 bits per heavy atom. The highest BCUT2D eigenvalue weighted by molar-refractivity contribution is 6.33. The fraction of sp³-hybridized carbons (Fsp3) is 0.294. The molecule has 0 bridgehead atoms. The van der Waals surface area contributed by atoms with Crippen LogP contribution in [0.15, 0.2) is 36.4 Å². The lowest BCUT2D eigenvalue weighted by atomic mass is 10.0. The smallest absolute Gasteiger partial charge is 0.133 e. The number of benzene rings is 2. The summed E-state index contributed by atoms with van der Waals surface area (Å²) in [5.74, 6) is 0. The van der Waals surface area contributed by atoms with Gasteiger partial charge in [0.25, 0.3) is 0 Å². The van der Waals surface area contributed by atoms with Crippen molar-refractivity contribution < 1.29 is 4.39 Å². The van der Waals surface area contributed by atoms with Crippen LogP contribution >= 0.6 is 23.2 Å². The van der Waals surface area contributed by atoms with Crippen LogP contribution in [0.25, 0.3) is 21.8 Å². The van der Waals surface area contributed by atoms with Gasteiger partial charge in [-0.05, 0) is 49.4 Å². The highest BCUT2D eigenvalue weighted by Crippen LogP contribution is 2.37. The molecule has 4 rings (SSSR count). The average molecular weight is 337 g/mol. The molecule has 0 spiro atoms. The standard InChI is InChI=1S/C17H15Cl2FN2/c18-10-1-3-15-12(7-10)13-8-11(19)2-4-16(13)22(15)17-5-6-21-9-14(17)20/h1-4,7-8,14,17,21H,5-6,9H2/t14-,17+/m1/s1. The summed E-state index contributed by atoms with van der Waals surface area (Å²) in [7, 11) is 0. The molecule has 2 aromatic carbocycles. The molecule has 1 N–H and O–H groups in total. The SMILES string of the molecule is F[C@@H]1CNCC[C@@H]1n1c2ccc(Cl)cc2c2cc(Cl)ccc21. The maximum atomic E-state index is 14.5. The minimum atomic E-state index is -0.904. The monoisotopic (exact) mass is 336 g/mol. The number of hydrogen-bond acceptors (Lipinski definition) is 1. The van der Waals surface area contributed by atoms with Crippen LogP contribution < -0.4 is 5.32 Å². The molecule has 0 aliphatic carbocycles. The first-order chi connectivity index (χ1) is 10.6. The second-order valence-corrected chi connectivity index (χ2v) is 6.64.